The molecule has 0 bridgehead atoms. The summed E-state index contributed by atoms with van der Waals surface area (Å²) in [4.78, 5) is 0. The van der Waals surface area contributed by atoms with E-state index in [0.29, 0.717) is 11.8 Å². The molecule has 0 spiro atoms. The number of aliphatic hydroxyl groups excluding tert-OH is 1. The molecule has 1 fully saturated rings. The number of hydrogen-bond donors (Lipinski definition) is 1. The molecule has 1 aliphatic rings. The summed E-state index contributed by atoms with van der Waals surface area (Å²) in [7, 11) is 0. The lowest BCUT2D eigenvalue weighted by molar-refractivity contribution is 0.0848. The van der Waals surface area contributed by atoms with Gasteiger partial charge in [-0.05, 0) is 42.2 Å². The molecule has 0 aromatic heterocycles. The van der Waals surface area contributed by atoms with E-state index in [1.165, 1.54) is 44.1 Å². The van der Waals surface area contributed by atoms with Crippen molar-refractivity contribution in [2.45, 2.75) is 64.4 Å². The Kier molecular flexibility index (Phi) is 4.82. The molecule has 18 heavy (non-hydrogen) atoms. The van der Waals surface area contributed by atoms with E-state index in [1.54, 1.807) is 0 Å². The highest BCUT2D eigenvalue weighted by Crippen LogP contribution is 2.34. The second kappa shape index (κ2) is 6.38. The molecule has 0 saturated heterocycles. The predicted octanol–water partition coefficient (Wildman–Crippen LogP) is 4.81. The molecule has 1 aromatic carbocycles. The predicted molar refractivity (Wildman–Crippen MR) is 76.7 cm³/mol. The van der Waals surface area contributed by atoms with Gasteiger partial charge in [0.1, 0.15) is 0 Å². The van der Waals surface area contributed by atoms with Gasteiger partial charge in [-0.15, -0.1) is 0 Å². The number of rotatable bonds is 4. The molecule has 1 heteroatoms. The zero-order valence-electron chi connectivity index (χ0n) is 11.7. The highest BCUT2D eigenvalue weighted by atomic mass is 16.3. The third kappa shape index (κ3) is 3.14. The van der Waals surface area contributed by atoms with Crippen molar-refractivity contribution in [3.05, 3.63) is 35.4 Å². The van der Waals surface area contributed by atoms with E-state index in [2.05, 4.69) is 38.1 Å². The largest absolute Gasteiger partial charge is 0.388 e. The fourth-order valence-electron chi connectivity index (χ4n) is 2.98. The Morgan fingerprint density at radius 2 is 1.61 bits per heavy atom. The Labute approximate surface area is 111 Å². The number of benzene rings is 1. The third-order valence-electron chi connectivity index (χ3n) is 4.56. The van der Waals surface area contributed by atoms with Gasteiger partial charge in [0.15, 0.2) is 0 Å². The first kappa shape index (κ1) is 13.6. The summed E-state index contributed by atoms with van der Waals surface area (Å²) in [6, 6.07) is 8.63. The first-order valence-corrected chi connectivity index (χ1v) is 7.50. The summed E-state index contributed by atoms with van der Waals surface area (Å²) in [6.45, 7) is 4.47. The zero-order chi connectivity index (χ0) is 13.0. The van der Waals surface area contributed by atoms with E-state index >= 15 is 0 Å². The molecule has 2 unspecified atom stereocenters. The molecule has 2 rings (SSSR count). The van der Waals surface area contributed by atoms with Gasteiger partial charge in [-0.2, -0.15) is 0 Å². The van der Waals surface area contributed by atoms with E-state index < -0.39 is 0 Å². The summed E-state index contributed by atoms with van der Waals surface area (Å²) < 4.78 is 0. The van der Waals surface area contributed by atoms with Crippen LogP contribution in [0.1, 0.15) is 75.5 Å². The summed E-state index contributed by atoms with van der Waals surface area (Å²) in [5, 5.41) is 10.4. The average molecular weight is 246 g/mol. The summed E-state index contributed by atoms with van der Waals surface area (Å²) >= 11 is 0. The van der Waals surface area contributed by atoms with Crippen LogP contribution in [0.3, 0.4) is 0 Å². The fourth-order valence-corrected chi connectivity index (χ4v) is 2.98. The van der Waals surface area contributed by atoms with Gasteiger partial charge in [0.25, 0.3) is 0 Å². The van der Waals surface area contributed by atoms with Gasteiger partial charge >= 0.3 is 0 Å². The van der Waals surface area contributed by atoms with E-state index in [0.717, 1.165) is 5.56 Å². The molecule has 1 aromatic rings. The van der Waals surface area contributed by atoms with Crippen LogP contribution >= 0.6 is 0 Å². The second-order valence-corrected chi connectivity index (χ2v) is 5.82. The normalized spacial score (nSPS) is 20.6. The topological polar surface area (TPSA) is 20.2 Å². The molecular formula is C17H26O. The average Bonchev–Trinajstić information content (AvgIpc) is 2.47. The van der Waals surface area contributed by atoms with Crippen molar-refractivity contribution in [1.29, 1.82) is 0 Å². The van der Waals surface area contributed by atoms with Crippen molar-refractivity contribution in [3.8, 4) is 0 Å². The molecule has 1 saturated carbocycles. The van der Waals surface area contributed by atoms with Crippen LogP contribution < -0.4 is 0 Å². The van der Waals surface area contributed by atoms with E-state index in [-0.39, 0.29) is 6.10 Å². The first-order valence-electron chi connectivity index (χ1n) is 7.50. The van der Waals surface area contributed by atoms with Crippen molar-refractivity contribution in [3.63, 3.8) is 0 Å². The lowest BCUT2D eigenvalue weighted by Crippen LogP contribution is -2.15. The SMILES string of the molecule is CCC(C)c1ccc(C(O)C2CCCCC2)cc1. The fraction of sp³-hybridized carbons (Fsp3) is 0.647. The maximum absolute atomic E-state index is 10.4. The molecule has 0 amide bonds. The highest BCUT2D eigenvalue weighted by molar-refractivity contribution is 5.26. The standard InChI is InChI=1S/C17H26O/c1-3-13(2)14-9-11-16(12-10-14)17(18)15-7-5-4-6-8-15/h9-13,15,17-18H,3-8H2,1-2H3. The Balaban J connectivity index is 2.03. The molecular weight excluding hydrogens is 220 g/mol. The lowest BCUT2D eigenvalue weighted by Gasteiger charge is -2.27. The maximum Gasteiger partial charge on any atom is 0.0818 e. The van der Waals surface area contributed by atoms with Crippen LogP contribution in [-0.2, 0) is 0 Å². The summed E-state index contributed by atoms with van der Waals surface area (Å²) in [5.74, 6) is 1.10. The monoisotopic (exact) mass is 246 g/mol. The van der Waals surface area contributed by atoms with Crippen molar-refractivity contribution < 1.29 is 5.11 Å². The van der Waals surface area contributed by atoms with Crippen LogP contribution in [0.4, 0.5) is 0 Å². The number of hydrogen-bond acceptors (Lipinski definition) is 1. The minimum atomic E-state index is -0.253. The molecule has 100 valence electrons. The summed E-state index contributed by atoms with van der Waals surface area (Å²) in [5.41, 5.74) is 2.49. The molecule has 1 nitrogen and oxygen atoms in total. The van der Waals surface area contributed by atoms with Crippen LogP contribution in [0, 0.1) is 5.92 Å². The van der Waals surface area contributed by atoms with Crippen LogP contribution in [-0.4, -0.2) is 5.11 Å². The van der Waals surface area contributed by atoms with Gasteiger partial charge in [0.2, 0.25) is 0 Å². The molecule has 1 aliphatic carbocycles. The van der Waals surface area contributed by atoms with Crippen molar-refractivity contribution in [2.24, 2.45) is 5.92 Å². The highest BCUT2D eigenvalue weighted by Gasteiger charge is 2.22. The quantitative estimate of drug-likeness (QED) is 0.808. The van der Waals surface area contributed by atoms with E-state index in [4.69, 9.17) is 0 Å². The summed E-state index contributed by atoms with van der Waals surface area (Å²) in [6.07, 6.45) is 7.21. The maximum atomic E-state index is 10.4. The van der Waals surface area contributed by atoms with Gasteiger partial charge < -0.3 is 5.11 Å². The Bertz CT molecular complexity index is 348. The van der Waals surface area contributed by atoms with Crippen molar-refractivity contribution >= 4 is 0 Å². The molecule has 0 aliphatic heterocycles. The molecule has 0 heterocycles. The van der Waals surface area contributed by atoms with Gasteiger partial charge in [-0.25, -0.2) is 0 Å². The molecule has 2 atom stereocenters. The molecule has 1 N–H and O–H groups in total. The Morgan fingerprint density at radius 3 is 2.17 bits per heavy atom. The Morgan fingerprint density at radius 1 is 1.06 bits per heavy atom. The first-order chi connectivity index (χ1) is 8.72. The van der Waals surface area contributed by atoms with Crippen molar-refractivity contribution in [1.82, 2.24) is 0 Å². The number of aliphatic hydroxyl groups is 1. The molecule has 0 radical (unpaired) electrons. The minimum absolute atomic E-state index is 0.253. The lowest BCUT2D eigenvalue weighted by atomic mass is 9.82. The zero-order valence-corrected chi connectivity index (χ0v) is 11.7. The van der Waals surface area contributed by atoms with Crippen LogP contribution in [0.2, 0.25) is 0 Å². The third-order valence-corrected chi connectivity index (χ3v) is 4.56. The minimum Gasteiger partial charge on any atom is -0.388 e. The Hall–Kier alpha value is -0.820. The van der Waals surface area contributed by atoms with Gasteiger partial charge in [0.05, 0.1) is 6.10 Å². The van der Waals surface area contributed by atoms with Gasteiger partial charge in [-0.1, -0.05) is 57.4 Å². The van der Waals surface area contributed by atoms with Crippen LogP contribution in [0.5, 0.6) is 0 Å². The van der Waals surface area contributed by atoms with Gasteiger partial charge in [-0.3, -0.25) is 0 Å². The van der Waals surface area contributed by atoms with E-state index in [9.17, 15) is 5.11 Å². The second-order valence-electron chi connectivity index (χ2n) is 5.82. The van der Waals surface area contributed by atoms with E-state index in [1.807, 2.05) is 0 Å². The van der Waals surface area contributed by atoms with Crippen molar-refractivity contribution in [2.75, 3.05) is 0 Å². The van der Waals surface area contributed by atoms with Crippen LogP contribution in [0.15, 0.2) is 24.3 Å². The van der Waals surface area contributed by atoms with Gasteiger partial charge in [0, 0.05) is 0 Å². The smallest absolute Gasteiger partial charge is 0.0818 e. The van der Waals surface area contributed by atoms with Crippen LogP contribution in [0.25, 0.3) is 0 Å².